The Morgan fingerprint density at radius 3 is 2.62 bits per heavy atom. The zero-order valence-corrected chi connectivity index (χ0v) is 15.3. The van der Waals surface area contributed by atoms with Crippen LogP contribution >= 0.6 is 0 Å². The summed E-state index contributed by atoms with van der Waals surface area (Å²) in [6.07, 6.45) is 7.43. The molecule has 2 fully saturated rings. The number of amides is 1. The fourth-order valence-corrected chi connectivity index (χ4v) is 3.61. The zero-order valence-electron chi connectivity index (χ0n) is 15.3. The molecule has 1 amide bonds. The average molecular weight is 338 g/mol. The predicted molar refractivity (Wildman–Crippen MR) is 97.0 cm³/mol. The van der Waals surface area contributed by atoms with E-state index < -0.39 is 0 Å². The van der Waals surface area contributed by atoms with E-state index in [0.29, 0.717) is 25.0 Å². The standard InChI is InChI=1S/C18H34N4O2/c1-3-19-18(21-15-7-9-16(23)10-8-15)20-12-11-17(24)22-13-5-4-6-14(22)2/h14-16,23H,3-13H2,1-2H3,(H2,19,20,21). The van der Waals surface area contributed by atoms with E-state index in [9.17, 15) is 9.90 Å². The molecule has 0 aromatic rings. The lowest BCUT2D eigenvalue weighted by atomic mass is 9.93. The number of rotatable bonds is 5. The van der Waals surface area contributed by atoms with Crippen molar-refractivity contribution in [1.29, 1.82) is 0 Å². The fraction of sp³-hybridized carbons (Fsp3) is 0.889. The lowest BCUT2D eigenvalue weighted by Crippen LogP contribution is -2.45. The van der Waals surface area contributed by atoms with Crippen molar-refractivity contribution in [2.75, 3.05) is 19.6 Å². The van der Waals surface area contributed by atoms with Crippen molar-refractivity contribution in [1.82, 2.24) is 15.5 Å². The van der Waals surface area contributed by atoms with E-state index in [2.05, 4.69) is 22.5 Å². The number of aliphatic hydroxyl groups is 1. The van der Waals surface area contributed by atoms with E-state index in [1.165, 1.54) is 6.42 Å². The van der Waals surface area contributed by atoms with Crippen LogP contribution in [0.5, 0.6) is 0 Å². The van der Waals surface area contributed by atoms with Gasteiger partial charge in [-0.1, -0.05) is 0 Å². The molecular weight excluding hydrogens is 304 g/mol. The normalized spacial score (nSPS) is 28.5. The zero-order chi connectivity index (χ0) is 17.4. The largest absolute Gasteiger partial charge is 0.393 e. The molecule has 0 aromatic heterocycles. The molecule has 1 unspecified atom stereocenters. The van der Waals surface area contributed by atoms with Crippen LogP contribution in [0.4, 0.5) is 0 Å². The van der Waals surface area contributed by atoms with Gasteiger partial charge in [-0.3, -0.25) is 9.79 Å². The highest BCUT2D eigenvalue weighted by Gasteiger charge is 2.23. The Kier molecular flexibility index (Phi) is 7.82. The Morgan fingerprint density at radius 1 is 1.21 bits per heavy atom. The van der Waals surface area contributed by atoms with E-state index in [1.54, 1.807) is 0 Å². The molecule has 1 saturated carbocycles. The van der Waals surface area contributed by atoms with Crippen LogP contribution in [0.15, 0.2) is 4.99 Å². The van der Waals surface area contributed by atoms with E-state index in [0.717, 1.165) is 57.6 Å². The fourth-order valence-electron chi connectivity index (χ4n) is 3.61. The molecule has 1 aliphatic heterocycles. The van der Waals surface area contributed by atoms with Gasteiger partial charge in [-0.05, 0) is 58.8 Å². The number of nitrogens with zero attached hydrogens (tertiary/aromatic N) is 2. The molecule has 0 radical (unpaired) electrons. The van der Waals surface area contributed by atoms with E-state index in [4.69, 9.17) is 0 Å². The molecule has 0 aromatic carbocycles. The predicted octanol–water partition coefficient (Wildman–Crippen LogP) is 1.64. The molecule has 24 heavy (non-hydrogen) atoms. The van der Waals surface area contributed by atoms with Crippen LogP contribution in [0.2, 0.25) is 0 Å². The van der Waals surface area contributed by atoms with Crippen LogP contribution in [0, 0.1) is 0 Å². The number of aliphatic imine (C=N–C) groups is 1. The van der Waals surface area contributed by atoms with E-state index >= 15 is 0 Å². The highest BCUT2D eigenvalue weighted by atomic mass is 16.3. The smallest absolute Gasteiger partial charge is 0.224 e. The van der Waals surface area contributed by atoms with Gasteiger partial charge in [0.1, 0.15) is 0 Å². The Bertz CT molecular complexity index is 419. The maximum Gasteiger partial charge on any atom is 0.224 e. The quantitative estimate of drug-likeness (QED) is 0.526. The third-order valence-corrected chi connectivity index (χ3v) is 5.10. The summed E-state index contributed by atoms with van der Waals surface area (Å²) in [6.45, 7) is 6.41. The maximum atomic E-state index is 12.4. The number of carbonyl (C=O) groups is 1. The van der Waals surface area contributed by atoms with Crippen molar-refractivity contribution in [2.24, 2.45) is 4.99 Å². The summed E-state index contributed by atoms with van der Waals surface area (Å²) in [5.41, 5.74) is 0. The van der Waals surface area contributed by atoms with Gasteiger partial charge in [0.25, 0.3) is 0 Å². The minimum absolute atomic E-state index is 0.147. The van der Waals surface area contributed by atoms with Crippen molar-refractivity contribution < 1.29 is 9.90 Å². The van der Waals surface area contributed by atoms with Crippen molar-refractivity contribution in [2.45, 2.75) is 83.4 Å². The summed E-state index contributed by atoms with van der Waals surface area (Å²) in [7, 11) is 0. The van der Waals surface area contributed by atoms with Crippen molar-refractivity contribution in [3.63, 3.8) is 0 Å². The molecule has 2 rings (SSSR count). The first kappa shape index (κ1) is 19.0. The summed E-state index contributed by atoms with van der Waals surface area (Å²) in [6, 6.07) is 0.735. The molecule has 0 spiro atoms. The second kappa shape index (κ2) is 9.87. The highest BCUT2D eigenvalue weighted by Crippen LogP contribution is 2.18. The van der Waals surface area contributed by atoms with Crippen LogP contribution in [0.25, 0.3) is 0 Å². The first-order valence-electron chi connectivity index (χ1n) is 9.62. The molecule has 1 heterocycles. The summed E-state index contributed by atoms with van der Waals surface area (Å²) >= 11 is 0. The molecule has 1 aliphatic carbocycles. The van der Waals surface area contributed by atoms with E-state index in [-0.39, 0.29) is 12.0 Å². The molecule has 138 valence electrons. The third kappa shape index (κ3) is 5.96. The number of hydrogen-bond acceptors (Lipinski definition) is 3. The van der Waals surface area contributed by atoms with Gasteiger partial charge in [0.05, 0.1) is 12.6 Å². The van der Waals surface area contributed by atoms with Gasteiger partial charge >= 0.3 is 0 Å². The number of likely N-dealkylation sites (tertiary alicyclic amines) is 1. The number of piperidine rings is 1. The van der Waals surface area contributed by atoms with Crippen molar-refractivity contribution >= 4 is 11.9 Å². The van der Waals surface area contributed by atoms with Gasteiger partial charge in [-0.2, -0.15) is 0 Å². The van der Waals surface area contributed by atoms with Gasteiger partial charge < -0.3 is 20.6 Å². The van der Waals surface area contributed by atoms with Gasteiger partial charge in [-0.25, -0.2) is 0 Å². The molecular formula is C18H34N4O2. The molecule has 1 atom stereocenters. The number of nitrogens with one attached hydrogen (secondary N) is 2. The summed E-state index contributed by atoms with van der Waals surface area (Å²) in [5.74, 6) is 1.01. The van der Waals surface area contributed by atoms with Crippen molar-refractivity contribution in [3.05, 3.63) is 0 Å². The van der Waals surface area contributed by atoms with Crippen LogP contribution in [0.3, 0.4) is 0 Å². The van der Waals surface area contributed by atoms with E-state index in [1.807, 2.05) is 11.8 Å². The lowest BCUT2D eigenvalue weighted by Gasteiger charge is -2.33. The van der Waals surface area contributed by atoms with Crippen LogP contribution in [-0.2, 0) is 4.79 Å². The van der Waals surface area contributed by atoms with Crippen LogP contribution in [0.1, 0.15) is 65.2 Å². The Morgan fingerprint density at radius 2 is 1.96 bits per heavy atom. The maximum absolute atomic E-state index is 12.4. The van der Waals surface area contributed by atoms with Gasteiger partial charge in [0, 0.05) is 31.6 Å². The Labute approximate surface area is 146 Å². The minimum Gasteiger partial charge on any atom is -0.393 e. The average Bonchev–Trinajstić information content (AvgIpc) is 2.57. The van der Waals surface area contributed by atoms with Crippen LogP contribution < -0.4 is 10.6 Å². The highest BCUT2D eigenvalue weighted by molar-refractivity contribution is 5.81. The minimum atomic E-state index is -0.147. The first-order valence-corrected chi connectivity index (χ1v) is 9.62. The SMILES string of the molecule is CCNC(=NCCC(=O)N1CCCCC1C)NC1CCC(O)CC1. The second-order valence-electron chi connectivity index (χ2n) is 7.09. The topological polar surface area (TPSA) is 77.0 Å². The number of carbonyl (C=O) groups excluding carboxylic acids is 1. The first-order chi connectivity index (χ1) is 11.6. The monoisotopic (exact) mass is 338 g/mol. The third-order valence-electron chi connectivity index (χ3n) is 5.10. The molecule has 0 bridgehead atoms. The molecule has 6 heteroatoms. The summed E-state index contributed by atoms with van der Waals surface area (Å²) in [4.78, 5) is 18.9. The molecule has 3 N–H and O–H groups in total. The molecule has 1 saturated heterocycles. The van der Waals surface area contributed by atoms with Gasteiger partial charge in [0.2, 0.25) is 5.91 Å². The lowest BCUT2D eigenvalue weighted by molar-refractivity contribution is -0.134. The Balaban J connectivity index is 1.78. The van der Waals surface area contributed by atoms with Crippen LogP contribution in [-0.4, -0.2) is 59.7 Å². The Hall–Kier alpha value is -1.30. The second-order valence-corrected chi connectivity index (χ2v) is 7.09. The van der Waals surface area contributed by atoms with Crippen molar-refractivity contribution in [3.8, 4) is 0 Å². The molecule has 6 nitrogen and oxygen atoms in total. The summed E-state index contributed by atoms with van der Waals surface area (Å²) < 4.78 is 0. The molecule has 2 aliphatic rings. The number of aliphatic hydroxyl groups excluding tert-OH is 1. The van der Waals surface area contributed by atoms with Gasteiger partial charge in [-0.15, -0.1) is 0 Å². The number of hydrogen-bond donors (Lipinski definition) is 3. The number of guanidine groups is 1. The summed E-state index contributed by atoms with van der Waals surface area (Å²) in [5, 5.41) is 16.3. The van der Waals surface area contributed by atoms with Gasteiger partial charge in [0.15, 0.2) is 5.96 Å².